The number of hydrogen-bond donors (Lipinski definition) is 0. The third-order valence-electron chi connectivity index (χ3n) is 1.41. The van der Waals surface area contributed by atoms with Crippen molar-refractivity contribution < 1.29 is 4.84 Å². The van der Waals surface area contributed by atoms with Crippen molar-refractivity contribution in [1.82, 2.24) is 10.2 Å². The average Bonchev–Trinajstić information content (AvgIpc) is 2.18. The lowest BCUT2D eigenvalue weighted by molar-refractivity contribution is 0.132. The molecule has 5 heteroatoms. The van der Waals surface area contributed by atoms with E-state index >= 15 is 0 Å². The van der Waals surface area contributed by atoms with Crippen molar-refractivity contribution in [2.75, 3.05) is 18.7 Å². The van der Waals surface area contributed by atoms with E-state index in [1.54, 1.807) is 19.2 Å². The van der Waals surface area contributed by atoms with Gasteiger partial charge in [0.05, 0.1) is 6.61 Å². The van der Waals surface area contributed by atoms with Crippen LogP contribution >= 0.6 is 0 Å². The molecule has 0 N–H and O–H groups in total. The van der Waals surface area contributed by atoms with Gasteiger partial charge in [-0.25, -0.2) is 5.06 Å². The number of hydroxylamine groups is 1. The smallest absolute Gasteiger partial charge is 0.174 e. The number of nitriles is 1. The molecule has 0 atom stereocenters. The lowest BCUT2D eigenvalue weighted by Crippen LogP contribution is -2.19. The van der Waals surface area contributed by atoms with Gasteiger partial charge in [-0.2, -0.15) is 5.26 Å². The van der Waals surface area contributed by atoms with Crippen molar-refractivity contribution in [2.45, 2.75) is 6.92 Å². The highest BCUT2D eigenvalue weighted by atomic mass is 16.7. The normalized spacial score (nSPS) is 9.31. The Kier molecular flexibility index (Phi) is 3.17. The molecular weight excluding hydrogens is 168 g/mol. The minimum absolute atomic E-state index is 0.300. The van der Waals surface area contributed by atoms with Crippen LogP contribution in [0, 0.1) is 11.3 Å². The van der Waals surface area contributed by atoms with Crippen molar-refractivity contribution in [3.05, 3.63) is 17.8 Å². The van der Waals surface area contributed by atoms with Crippen LogP contribution in [0.4, 0.5) is 5.82 Å². The van der Waals surface area contributed by atoms with E-state index in [1.807, 2.05) is 13.0 Å². The maximum absolute atomic E-state index is 8.47. The molecule has 0 unspecified atom stereocenters. The van der Waals surface area contributed by atoms with Gasteiger partial charge in [0.15, 0.2) is 11.5 Å². The fourth-order valence-electron chi connectivity index (χ4n) is 0.813. The number of nitrogens with zero attached hydrogens (tertiary/aromatic N) is 4. The van der Waals surface area contributed by atoms with Crippen LogP contribution in [0.2, 0.25) is 0 Å². The summed E-state index contributed by atoms with van der Waals surface area (Å²) in [5.74, 6) is 0.584. The molecule has 1 aromatic heterocycles. The van der Waals surface area contributed by atoms with Crippen molar-refractivity contribution in [2.24, 2.45) is 0 Å². The lowest BCUT2D eigenvalue weighted by atomic mass is 10.4. The van der Waals surface area contributed by atoms with E-state index < -0.39 is 0 Å². The van der Waals surface area contributed by atoms with Gasteiger partial charge in [-0.15, -0.1) is 10.2 Å². The van der Waals surface area contributed by atoms with Crippen LogP contribution in [0.1, 0.15) is 12.6 Å². The Morgan fingerprint density at radius 2 is 2.31 bits per heavy atom. The third-order valence-corrected chi connectivity index (χ3v) is 1.41. The van der Waals surface area contributed by atoms with E-state index in [0.29, 0.717) is 18.1 Å². The summed E-state index contributed by atoms with van der Waals surface area (Å²) in [4.78, 5) is 5.15. The minimum Gasteiger partial charge on any atom is -0.273 e. The lowest BCUT2D eigenvalue weighted by Gasteiger charge is -2.14. The maximum Gasteiger partial charge on any atom is 0.174 e. The first-order valence-corrected chi connectivity index (χ1v) is 3.88. The fraction of sp³-hybridized carbons (Fsp3) is 0.375. The Labute approximate surface area is 76.5 Å². The molecule has 1 heterocycles. The van der Waals surface area contributed by atoms with Gasteiger partial charge in [0.2, 0.25) is 0 Å². The average molecular weight is 178 g/mol. The summed E-state index contributed by atoms with van der Waals surface area (Å²) in [7, 11) is 1.74. The zero-order valence-corrected chi connectivity index (χ0v) is 7.56. The Hall–Kier alpha value is -1.67. The minimum atomic E-state index is 0.300. The summed E-state index contributed by atoms with van der Waals surface area (Å²) in [5, 5.41) is 17.4. The molecule has 0 aliphatic carbocycles. The molecule has 0 amide bonds. The molecule has 0 radical (unpaired) electrons. The third kappa shape index (κ3) is 2.39. The summed E-state index contributed by atoms with van der Waals surface area (Å²) in [5.41, 5.74) is 0.300. The van der Waals surface area contributed by atoms with Gasteiger partial charge in [-0.3, -0.25) is 4.84 Å². The predicted molar refractivity (Wildman–Crippen MR) is 46.8 cm³/mol. The molecule has 13 heavy (non-hydrogen) atoms. The molecule has 0 saturated heterocycles. The van der Waals surface area contributed by atoms with Gasteiger partial charge in [0, 0.05) is 7.05 Å². The summed E-state index contributed by atoms with van der Waals surface area (Å²) in [6.07, 6.45) is 0. The molecule has 0 saturated carbocycles. The predicted octanol–water partition coefficient (Wildman–Crippen LogP) is 0.736. The zero-order valence-electron chi connectivity index (χ0n) is 7.56. The van der Waals surface area contributed by atoms with Gasteiger partial charge in [0.25, 0.3) is 0 Å². The van der Waals surface area contributed by atoms with Crippen LogP contribution in [-0.4, -0.2) is 23.9 Å². The van der Waals surface area contributed by atoms with Crippen molar-refractivity contribution in [3.63, 3.8) is 0 Å². The van der Waals surface area contributed by atoms with Crippen molar-refractivity contribution in [1.29, 1.82) is 5.26 Å². The van der Waals surface area contributed by atoms with Crippen LogP contribution < -0.4 is 5.06 Å². The number of anilines is 1. The molecule has 68 valence electrons. The summed E-state index contributed by atoms with van der Waals surface area (Å²) < 4.78 is 0. The van der Waals surface area contributed by atoms with Crippen LogP contribution in [0.3, 0.4) is 0 Å². The SMILES string of the molecule is CCON(C)c1ccc(C#N)nn1. The number of rotatable bonds is 3. The largest absolute Gasteiger partial charge is 0.273 e. The first kappa shape index (κ1) is 9.42. The number of hydrogen-bond acceptors (Lipinski definition) is 5. The molecule has 0 aliphatic rings. The Balaban J connectivity index is 2.75. The second-order valence-corrected chi connectivity index (χ2v) is 2.30. The highest BCUT2D eigenvalue weighted by molar-refractivity contribution is 5.35. The van der Waals surface area contributed by atoms with E-state index in [9.17, 15) is 0 Å². The second-order valence-electron chi connectivity index (χ2n) is 2.30. The maximum atomic E-state index is 8.47. The molecule has 0 aromatic carbocycles. The highest BCUT2D eigenvalue weighted by Gasteiger charge is 2.02. The van der Waals surface area contributed by atoms with E-state index in [0.717, 1.165) is 0 Å². The van der Waals surface area contributed by atoms with Gasteiger partial charge in [-0.05, 0) is 19.1 Å². The van der Waals surface area contributed by atoms with Crippen LogP contribution in [0.5, 0.6) is 0 Å². The topological polar surface area (TPSA) is 62.0 Å². The molecule has 0 spiro atoms. The second kappa shape index (κ2) is 4.38. The molecule has 0 fully saturated rings. The molecule has 0 bridgehead atoms. The van der Waals surface area contributed by atoms with E-state index in [-0.39, 0.29) is 0 Å². The molecule has 0 aliphatic heterocycles. The van der Waals surface area contributed by atoms with E-state index in [4.69, 9.17) is 10.1 Å². The first-order chi connectivity index (χ1) is 6.27. The zero-order chi connectivity index (χ0) is 9.68. The van der Waals surface area contributed by atoms with E-state index in [2.05, 4.69) is 10.2 Å². The molecule has 5 nitrogen and oxygen atoms in total. The van der Waals surface area contributed by atoms with Gasteiger partial charge in [-0.1, -0.05) is 0 Å². The van der Waals surface area contributed by atoms with Gasteiger partial charge < -0.3 is 0 Å². The Morgan fingerprint density at radius 1 is 1.54 bits per heavy atom. The summed E-state index contributed by atoms with van der Waals surface area (Å²) >= 11 is 0. The molecular formula is C8H10N4O. The first-order valence-electron chi connectivity index (χ1n) is 3.88. The fourth-order valence-corrected chi connectivity index (χ4v) is 0.813. The quantitative estimate of drug-likeness (QED) is 0.638. The summed E-state index contributed by atoms with van der Waals surface area (Å²) in [6, 6.07) is 5.17. The standard InChI is InChI=1S/C8H10N4O/c1-3-13-12(2)8-5-4-7(6-9)10-11-8/h4-5H,3H2,1-2H3. The van der Waals surface area contributed by atoms with Crippen molar-refractivity contribution >= 4 is 5.82 Å². The van der Waals surface area contributed by atoms with Crippen LogP contribution in [0.15, 0.2) is 12.1 Å². The summed E-state index contributed by atoms with van der Waals surface area (Å²) in [6.45, 7) is 2.45. The monoisotopic (exact) mass is 178 g/mol. The van der Waals surface area contributed by atoms with Crippen molar-refractivity contribution in [3.8, 4) is 6.07 Å². The highest BCUT2D eigenvalue weighted by Crippen LogP contribution is 2.06. The van der Waals surface area contributed by atoms with E-state index in [1.165, 1.54) is 5.06 Å². The van der Waals surface area contributed by atoms with Gasteiger partial charge in [0.1, 0.15) is 6.07 Å². The number of aromatic nitrogens is 2. The van der Waals surface area contributed by atoms with Crippen LogP contribution in [0.25, 0.3) is 0 Å². The Morgan fingerprint density at radius 3 is 2.77 bits per heavy atom. The Bertz CT molecular complexity index is 303. The molecule has 1 rings (SSSR count). The van der Waals surface area contributed by atoms with Crippen LogP contribution in [-0.2, 0) is 4.84 Å². The van der Waals surface area contributed by atoms with Gasteiger partial charge >= 0.3 is 0 Å². The molecule has 1 aromatic rings.